The van der Waals surface area contributed by atoms with Gasteiger partial charge in [-0.05, 0) is 39.9 Å². The molecule has 3 heteroatoms. The van der Waals surface area contributed by atoms with E-state index in [1.807, 2.05) is 6.92 Å². The van der Waals surface area contributed by atoms with Gasteiger partial charge >= 0.3 is 0 Å². The SMILES string of the molecule is CCCCN(C)CCNCCCOCC. The van der Waals surface area contributed by atoms with Gasteiger partial charge in [0.15, 0.2) is 0 Å². The predicted octanol–water partition coefficient (Wildman–Crippen LogP) is 1.73. The predicted molar refractivity (Wildman–Crippen MR) is 66.4 cm³/mol. The van der Waals surface area contributed by atoms with Crippen molar-refractivity contribution in [3.63, 3.8) is 0 Å². The first-order valence-electron chi connectivity index (χ1n) is 6.28. The van der Waals surface area contributed by atoms with Crippen LogP contribution in [0, 0.1) is 0 Å². The number of rotatable bonds is 11. The molecule has 15 heavy (non-hydrogen) atoms. The van der Waals surface area contributed by atoms with Crippen molar-refractivity contribution in [3.05, 3.63) is 0 Å². The fraction of sp³-hybridized carbons (Fsp3) is 1.00. The Morgan fingerprint density at radius 1 is 1.07 bits per heavy atom. The first-order valence-corrected chi connectivity index (χ1v) is 6.28. The number of nitrogens with zero attached hydrogens (tertiary/aromatic N) is 1. The molecule has 0 saturated carbocycles. The summed E-state index contributed by atoms with van der Waals surface area (Å²) in [5.41, 5.74) is 0. The normalized spacial score (nSPS) is 11.2. The van der Waals surface area contributed by atoms with Crippen LogP contribution in [0.3, 0.4) is 0 Å². The summed E-state index contributed by atoms with van der Waals surface area (Å²) in [6.07, 6.45) is 3.71. The third-order valence-corrected chi connectivity index (χ3v) is 2.41. The van der Waals surface area contributed by atoms with Crippen LogP contribution in [0.25, 0.3) is 0 Å². The fourth-order valence-electron chi connectivity index (χ4n) is 1.38. The van der Waals surface area contributed by atoms with Crippen LogP contribution in [0.1, 0.15) is 33.1 Å². The van der Waals surface area contributed by atoms with Crippen molar-refractivity contribution in [2.24, 2.45) is 0 Å². The lowest BCUT2D eigenvalue weighted by Gasteiger charge is -2.16. The van der Waals surface area contributed by atoms with E-state index >= 15 is 0 Å². The molecule has 0 amide bonds. The van der Waals surface area contributed by atoms with Crippen molar-refractivity contribution < 1.29 is 4.74 Å². The highest BCUT2D eigenvalue weighted by Gasteiger charge is 1.96. The van der Waals surface area contributed by atoms with Crippen LogP contribution in [0.5, 0.6) is 0 Å². The Morgan fingerprint density at radius 2 is 1.87 bits per heavy atom. The van der Waals surface area contributed by atoms with Crippen molar-refractivity contribution in [1.29, 1.82) is 0 Å². The smallest absolute Gasteiger partial charge is 0.0477 e. The Hall–Kier alpha value is -0.120. The van der Waals surface area contributed by atoms with E-state index in [-0.39, 0.29) is 0 Å². The molecule has 0 unspecified atom stereocenters. The molecule has 0 atom stereocenters. The molecule has 92 valence electrons. The summed E-state index contributed by atoms with van der Waals surface area (Å²) in [5, 5.41) is 3.43. The molecule has 0 radical (unpaired) electrons. The minimum Gasteiger partial charge on any atom is -0.382 e. The monoisotopic (exact) mass is 216 g/mol. The molecule has 3 nitrogen and oxygen atoms in total. The van der Waals surface area contributed by atoms with Gasteiger partial charge in [0, 0.05) is 26.3 Å². The Labute approximate surface area is 95.2 Å². The Morgan fingerprint density at radius 3 is 2.53 bits per heavy atom. The van der Waals surface area contributed by atoms with Crippen molar-refractivity contribution in [2.45, 2.75) is 33.1 Å². The highest BCUT2D eigenvalue weighted by molar-refractivity contribution is 4.54. The van der Waals surface area contributed by atoms with E-state index in [2.05, 4.69) is 24.2 Å². The van der Waals surface area contributed by atoms with E-state index in [1.54, 1.807) is 0 Å². The molecule has 0 spiro atoms. The van der Waals surface area contributed by atoms with Crippen molar-refractivity contribution >= 4 is 0 Å². The van der Waals surface area contributed by atoms with E-state index in [4.69, 9.17) is 4.74 Å². The summed E-state index contributed by atoms with van der Waals surface area (Å²) in [6.45, 7) is 10.5. The van der Waals surface area contributed by atoms with Crippen molar-refractivity contribution in [3.8, 4) is 0 Å². The zero-order valence-corrected chi connectivity index (χ0v) is 10.7. The number of unbranched alkanes of at least 4 members (excludes halogenated alkanes) is 1. The molecular formula is C12H28N2O. The quantitative estimate of drug-likeness (QED) is 0.532. The first kappa shape index (κ1) is 14.9. The second-order valence-electron chi connectivity index (χ2n) is 3.96. The van der Waals surface area contributed by atoms with E-state index in [9.17, 15) is 0 Å². The molecule has 1 N–H and O–H groups in total. The van der Waals surface area contributed by atoms with Crippen molar-refractivity contribution in [1.82, 2.24) is 10.2 Å². The molecule has 0 aromatic carbocycles. The molecular weight excluding hydrogens is 188 g/mol. The molecule has 0 saturated heterocycles. The minimum absolute atomic E-state index is 0.833. The minimum atomic E-state index is 0.833. The third kappa shape index (κ3) is 11.8. The van der Waals surface area contributed by atoms with E-state index in [1.165, 1.54) is 19.4 Å². The van der Waals surface area contributed by atoms with Gasteiger partial charge in [-0.25, -0.2) is 0 Å². The first-order chi connectivity index (χ1) is 7.31. The summed E-state index contributed by atoms with van der Waals surface area (Å²) < 4.78 is 5.26. The Kier molecular flexibility index (Phi) is 11.9. The number of nitrogens with one attached hydrogen (secondary N) is 1. The maximum absolute atomic E-state index is 5.26. The van der Waals surface area contributed by atoms with Crippen LogP contribution in [0.2, 0.25) is 0 Å². The zero-order valence-electron chi connectivity index (χ0n) is 10.7. The van der Waals surface area contributed by atoms with E-state index in [0.717, 1.165) is 39.3 Å². The molecule has 0 aliphatic carbocycles. The molecule has 0 bridgehead atoms. The standard InChI is InChI=1S/C12H28N2O/c1-4-6-10-14(3)11-9-13-8-7-12-15-5-2/h13H,4-12H2,1-3H3. The van der Waals surface area contributed by atoms with Gasteiger partial charge in [-0.2, -0.15) is 0 Å². The van der Waals surface area contributed by atoms with Gasteiger partial charge in [0.2, 0.25) is 0 Å². The summed E-state index contributed by atoms with van der Waals surface area (Å²) in [5.74, 6) is 0. The highest BCUT2D eigenvalue weighted by Crippen LogP contribution is 1.90. The van der Waals surface area contributed by atoms with Gasteiger partial charge < -0.3 is 15.0 Å². The number of ether oxygens (including phenoxy) is 1. The molecule has 0 heterocycles. The average molecular weight is 216 g/mol. The highest BCUT2D eigenvalue weighted by atomic mass is 16.5. The lowest BCUT2D eigenvalue weighted by Crippen LogP contribution is -2.30. The Bertz CT molecular complexity index is 120. The zero-order chi connectivity index (χ0) is 11.4. The molecule has 0 fully saturated rings. The van der Waals surface area contributed by atoms with Crippen LogP contribution >= 0.6 is 0 Å². The lowest BCUT2D eigenvalue weighted by molar-refractivity contribution is 0.144. The van der Waals surface area contributed by atoms with E-state index in [0.29, 0.717) is 0 Å². The number of hydrogen-bond donors (Lipinski definition) is 1. The molecule has 0 aliphatic heterocycles. The Balaban J connectivity index is 3.02. The van der Waals surface area contributed by atoms with Crippen molar-refractivity contribution in [2.75, 3.05) is 46.4 Å². The summed E-state index contributed by atoms with van der Waals surface area (Å²) in [6, 6.07) is 0. The van der Waals surface area contributed by atoms with Gasteiger partial charge in [-0.3, -0.25) is 0 Å². The molecule has 0 aromatic heterocycles. The van der Waals surface area contributed by atoms with Gasteiger partial charge in [0.05, 0.1) is 0 Å². The number of likely N-dealkylation sites (N-methyl/N-ethyl adjacent to an activating group) is 1. The maximum atomic E-state index is 5.26. The van der Waals surface area contributed by atoms with Crippen LogP contribution in [0.4, 0.5) is 0 Å². The number of hydrogen-bond acceptors (Lipinski definition) is 3. The maximum Gasteiger partial charge on any atom is 0.0477 e. The van der Waals surface area contributed by atoms with Gasteiger partial charge in [-0.15, -0.1) is 0 Å². The van der Waals surface area contributed by atoms with Gasteiger partial charge in [0.25, 0.3) is 0 Å². The topological polar surface area (TPSA) is 24.5 Å². The second kappa shape index (κ2) is 12.0. The van der Waals surface area contributed by atoms with Crippen LogP contribution in [-0.2, 0) is 4.74 Å². The van der Waals surface area contributed by atoms with Crippen LogP contribution in [-0.4, -0.2) is 51.3 Å². The van der Waals surface area contributed by atoms with Gasteiger partial charge in [-0.1, -0.05) is 13.3 Å². The largest absolute Gasteiger partial charge is 0.382 e. The summed E-state index contributed by atoms with van der Waals surface area (Å²) >= 11 is 0. The fourth-order valence-corrected chi connectivity index (χ4v) is 1.38. The van der Waals surface area contributed by atoms with E-state index < -0.39 is 0 Å². The van der Waals surface area contributed by atoms with Crippen LogP contribution in [0.15, 0.2) is 0 Å². The third-order valence-electron chi connectivity index (χ3n) is 2.41. The summed E-state index contributed by atoms with van der Waals surface area (Å²) in [4.78, 5) is 2.39. The van der Waals surface area contributed by atoms with Crippen LogP contribution < -0.4 is 5.32 Å². The summed E-state index contributed by atoms with van der Waals surface area (Å²) in [7, 11) is 2.19. The molecule has 0 aromatic rings. The lowest BCUT2D eigenvalue weighted by atomic mass is 10.3. The molecule has 0 aliphatic rings. The van der Waals surface area contributed by atoms with Gasteiger partial charge in [0.1, 0.15) is 0 Å². The average Bonchev–Trinajstić information content (AvgIpc) is 2.25. The molecule has 0 rings (SSSR count). The second-order valence-corrected chi connectivity index (χ2v) is 3.96.